The summed E-state index contributed by atoms with van der Waals surface area (Å²) in [6.07, 6.45) is 18.3. The lowest BCUT2D eigenvalue weighted by molar-refractivity contribution is 0.224. The molecular formula is C22H44FP. The zero-order chi connectivity index (χ0) is 18.2. The number of allylic oxidation sites excluding steroid dienone is 1. The van der Waals surface area contributed by atoms with Crippen LogP contribution in [0.15, 0.2) is 12.7 Å². The Kier molecular flexibility index (Phi) is 16.6. The maximum atomic E-state index is 12.7. The molecule has 0 bridgehead atoms. The first kappa shape index (κ1) is 24.1. The SMILES string of the molecule is C=CCCCCCCCCC(C)CCC.CC1CCC(F)C(P)C1. The summed E-state index contributed by atoms with van der Waals surface area (Å²) in [5.41, 5.74) is 0.230. The summed E-state index contributed by atoms with van der Waals surface area (Å²) >= 11 is 0. The van der Waals surface area contributed by atoms with Gasteiger partial charge in [-0.15, -0.1) is 15.8 Å². The van der Waals surface area contributed by atoms with Crippen molar-refractivity contribution >= 4 is 9.24 Å². The van der Waals surface area contributed by atoms with E-state index in [4.69, 9.17) is 0 Å². The Hall–Kier alpha value is 0.100. The highest BCUT2D eigenvalue weighted by Gasteiger charge is 2.24. The molecule has 0 aromatic heterocycles. The van der Waals surface area contributed by atoms with Crippen LogP contribution in [0.1, 0.15) is 104 Å². The van der Waals surface area contributed by atoms with Crippen molar-refractivity contribution in [2.45, 2.75) is 116 Å². The Morgan fingerprint density at radius 1 is 1.08 bits per heavy atom. The van der Waals surface area contributed by atoms with E-state index in [9.17, 15) is 4.39 Å². The van der Waals surface area contributed by atoms with Gasteiger partial charge in [-0.25, -0.2) is 4.39 Å². The highest BCUT2D eigenvalue weighted by molar-refractivity contribution is 7.17. The molecule has 0 aliphatic heterocycles. The van der Waals surface area contributed by atoms with E-state index in [0.29, 0.717) is 0 Å². The molecule has 0 radical (unpaired) electrons. The molecular weight excluding hydrogens is 314 g/mol. The zero-order valence-electron chi connectivity index (χ0n) is 16.7. The third kappa shape index (κ3) is 14.4. The molecule has 5 atom stereocenters. The van der Waals surface area contributed by atoms with Gasteiger partial charge in [0.25, 0.3) is 0 Å². The molecule has 0 spiro atoms. The van der Waals surface area contributed by atoms with E-state index in [1.165, 1.54) is 64.2 Å². The van der Waals surface area contributed by atoms with Crippen molar-refractivity contribution in [2.75, 3.05) is 0 Å². The van der Waals surface area contributed by atoms with E-state index in [0.717, 1.165) is 31.1 Å². The Balaban J connectivity index is 0.000000496. The highest BCUT2D eigenvalue weighted by Crippen LogP contribution is 2.30. The number of unbranched alkanes of at least 4 members (excludes halogenated alkanes) is 6. The van der Waals surface area contributed by atoms with Crippen LogP contribution in [0.25, 0.3) is 0 Å². The molecule has 0 heterocycles. The van der Waals surface area contributed by atoms with Gasteiger partial charge in [0, 0.05) is 5.66 Å². The number of hydrogen-bond donors (Lipinski definition) is 0. The first-order chi connectivity index (χ1) is 11.5. The molecule has 24 heavy (non-hydrogen) atoms. The Labute approximate surface area is 154 Å². The average Bonchev–Trinajstić information content (AvgIpc) is 2.55. The molecule has 0 aromatic carbocycles. The largest absolute Gasteiger partial charge is 0.247 e. The molecule has 144 valence electrons. The van der Waals surface area contributed by atoms with Gasteiger partial charge in [-0.2, -0.15) is 0 Å². The molecule has 1 saturated carbocycles. The van der Waals surface area contributed by atoms with E-state index in [-0.39, 0.29) is 5.66 Å². The number of rotatable bonds is 11. The molecule has 1 aliphatic carbocycles. The van der Waals surface area contributed by atoms with Crippen molar-refractivity contribution in [1.29, 1.82) is 0 Å². The van der Waals surface area contributed by atoms with Gasteiger partial charge in [-0.3, -0.25) is 0 Å². The maximum absolute atomic E-state index is 12.7. The summed E-state index contributed by atoms with van der Waals surface area (Å²) < 4.78 is 12.7. The summed E-state index contributed by atoms with van der Waals surface area (Å²) in [7, 11) is 2.59. The van der Waals surface area contributed by atoms with Gasteiger partial charge in [-0.1, -0.05) is 78.2 Å². The van der Waals surface area contributed by atoms with Crippen molar-refractivity contribution in [2.24, 2.45) is 11.8 Å². The number of hydrogen-bond acceptors (Lipinski definition) is 0. The lowest BCUT2D eigenvalue weighted by atomic mass is 9.89. The first-order valence-electron chi connectivity index (χ1n) is 10.5. The summed E-state index contributed by atoms with van der Waals surface area (Å²) in [6, 6.07) is 0. The molecule has 2 heteroatoms. The normalized spacial score (nSPS) is 24.8. The van der Waals surface area contributed by atoms with Crippen LogP contribution in [0, 0.1) is 11.8 Å². The second kappa shape index (κ2) is 16.6. The monoisotopic (exact) mass is 358 g/mol. The quantitative estimate of drug-likeness (QED) is 0.199. The van der Waals surface area contributed by atoms with Gasteiger partial charge in [0.2, 0.25) is 0 Å². The fraction of sp³-hybridized carbons (Fsp3) is 0.909. The van der Waals surface area contributed by atoms with Crippen molar-refractivity contribution in [3.63, 3.8) is 0 Å². The molecule has 0 amide bonds. The molecule has 0 aromatic rings. The van der Waals surface area contributed by atoms with Crippen molar-refractivity contribution < 1.29 is 4.39 Å². The summed E-state index contributed by atoms with van der Waals surface area (Å²) in [5.74, 6) is 1.69. The van der Waals surface area contributed by atoms with E-state index >= 15 is 0 Å². The first-order valence-corrected chi connectivity index (χ1v) is 11.2. The maximum Gasteiger partial charge on any atom is 0.106 e. The molecule has 0 nitrogen and oxygen atoms in total. The molecule has 0 saturated heterocycles. The number of alkyl halides is 1. The van der Waals surface area contributed by atoms with E-state index in [1.54, 1.807) is 0 Å². The molecule has 1 aliphatic rings. The van der Waals surface area contributed by atoms with Gasteiger partial charge in [-0.05, 0) is 43.9 Å². The van der Waals surface area contributed by atoms with Gasteiger partial charge in [0.1, 0.15) is 6.17 Å². The van der Waals surface area contributed by atoms with Crippen LogP contribution in [-0.2, 0) is 0 Å². The van der Waals surface area contributed by atoms with Gasteiger partial charge < -0.3 is 0 Å². The third-order valence-electron chi connectivity index (χ3n) is 5.21. The van der Waals surface area contributed by atoms with Gasteiger partial charge in [0.05, 0.1) is 0 Å². The zero-order valence-corrected chi connectivity index (χ0v) is 17.9. The van der Waals surface area contributed by atoms with E-state index in [2.05, 4.69) is 36.6 Å². The molecule has 0 N–H and O–H groups in total. The van der Waals surface area contributed by atoms with Crippen LogP contribution in [-0.4, -0.2) is 11.8 Å². The summed E-state index contributed by atoms with van der Waals surface area (Å²) in [6.45, 7) is 10.6. The van der Waals surface area contributed by atoms with Crippen LogP contribution < -0.4 is 0 Å². The van der Waals surface area contributed by atoms with Gasteiger partial charge >= 0.3 is 0 Å². The molecule has 5 unspecified atom stereocenters. The minimum Gasteiger partial charge on any atom is -0.247 e. The lowest BCUT2D eigenvalue weighted by Gasteiger charge is -2.26. The standard InChI is InChI=1S/C15H30.C7H14FP/c1-4-6-7-8-9-10-11-12-14-15(3)13-5-2;1-5-2-3-6(8)7(9)4-5/h4,15H,1,5-14H2,2-3H3;5-7H,2-4,9H2,1H3. The smallest absolute Gasteiger partial charge is 0.106 e. The highest BCUT2D eigenvalue weighted by atomic mass is 31.0. The van der Waals surface area contributed by atoms with Gasteiger partial charge in [0.15, 0.2) is 0 Å². The average molecular weight is 359 g/mol. The second-order valence-corrected chi connectivity index (χ2v) is 8.84. The van der Waals surface area contributed by atoms with Crippen molar-refractivity contribution in [3.05, 3.63) is 12.7 Å². The third-order valence-corrected chi connectivity index (χ3v) is 5.90. The number of halogens is 1. The van der Waals surface area contributed by atoms with E-state index in [1.807, 2.05) is 6.08 Å². The summed E-state index contributed by atoms with van der Waals surface area (Å²) in [5, 5.41) is 0. The minimum absolute atomic E-state index is 0.230. The fourth-order valence-electron chi connectivity index (χ4n) is 3.51. The Morgan fingerprint density at radius 3 is 2.25 bits per heavy atom. The summed E-state index contributed by atoms with van der Waals surface area (Å²) in [4.78, 5) is 0. The topological polar surface area (TPSA) is 0 Å². The van der Waals surface area contributed by atoms with Crippen molar-refractivity contribution in [1.82, 2.24) is 0 Å². The molecule has 1 rings (SSSR count). The van der Waals surface area contributed by atoms with Crippen LogP contribution in [0.2, 0.25) is 0 Å². The lowest BCUT2D eigenvalue weighted by Crippen LogP contribution is -2.24. The van der Waals surface area contributed by atoms with Crippen molar-refractivity contribution in [3.8, 4) is 0 Å². The molecule has 1 fully saturated rings. The van der Waals surface area contributed by atoms with E-state index < -0.39 is 6.17 Å². The second-order valence-electron chi connectivity index (χ2n) is 7.98. The van der Waals surface area contributed by atoms with Crippen LogP contribution >= 0.6 is 9.24 Å². The minimum atomic E-state index is -0.550. The van der Waals surface area contributed by atoms with Crippen LogP contribution in [0.5, 0.6) is 0 Å². The Morgan fingerprint density at radius 2 is 1.71 bits per heavy atom. The van der Waals surface area contributed by atoms with Crippen LogP contribution in [0.4, 0.5) is 4.39 Å². The predicted molar refractivity (Wildman–Crippen MR) is 113 cm³/mol. The fourth-order valence-corrected chi connectivity index (χ4v) is 4.17. The predicted octanol–water partition coefficient (Wildman–Crippen LogP) is 8.12. The van der Waals surface area contributed by atoms with Crippen LogP contribution in [0.3, 0.4) is 0 Å². The Bertz CT molecular complexity index is 279.